The highest BCUT2D eigenvalue weighted by atomic mass is 16.5. The molecule has 0 spiro atoms. The average molecular weight is 244 g/mol. The number of nitrogens with one attached hydrogen (secondary N) is 1. The van der Waals surface area contributed by atoms with Gasteiger partial charge in [-0.2, -0.15) is 0 Å². The van der Waals surface area contributed by atoms with E-state index in [1.165, 1.54) is 5.56 Å². The quantitative estimate of drug-likeness (QED) is 0.810. The van der Waals surface area contributed by atoms with Crippen molar-refractivity contribution in [2.24, 2.45) is 0 Å². The van der Waals surface area contributed by atoms with E-state index in [0.717, 1.165) is 25.4 Å². The summed E-state index contributed by atoms with van der Waals surface area (Å²) < 4.78 is 7.83. The first-order chi connectivity index (χ1) is 8.88. The van der Waals surface area contributed by atoms with Crippen molar-refractivity contribution in [2.75, 3.05) is 13.2 Å². The minimum Gasteiger partial charge on any atom is -0.492 e. The van der Waals surface area contributed by atoms with Crippen LogP contribution in [0.3, 0.4) is 0 Å². The van der Waals surface area contributed by atoms with E-state index in [-0.39, 0.29) is 0 Å². The Bertz CT molecular complexity index is 451. The second-order valence-corrected chi connectivity index (χ2v) is 4.20. The molecule has 1 heterocycles. The fraction of sp³-hybridized carbons (Fsp3) is 0.333. The first kappa shape index (κ1) is 12.7. The molecule has 0 saturated carbocycles. The van der Waals surface area contributed by atoms with E-state index < -0.39 is 0 Å². The third-order valence-electron chi connectivity index (χ3n) is 2.75. The molecule has 0 aliphatic rings. The molecule has 0 fully saturated rings. The minimum absolute atomic E-state index is 0.694. The Morgan fingerprint density at radius 3 is 2.78 bits per heavy atom. The van der Waals surface area contributed by atoms with Crippen LogP contribution < -0.4 is 10.1 Å². The van der Waals surface area contributed by atoms with Gasteiger partial charge in [-0.05, 0) is 30.3 Å². The molecule has 0 saturated heterocycles. The summed E-state index contributed by atoms with van der Waals surface area (Å²) in [5.41, 5.74) is 1.32. The molecule has 3 heteroatoms. The molecule has 2 rings (SSSR count). The van der Waals surface area contributed by atoms with Gasteiger partial charge >= 0.3 is 0 Å². The van der Waals surface area contributed by atoms with Gasteiger partial charge in [0.2, 0.25) is 0 Å². The molecule has 3 nitrogen and oxygen atoms in total. The minimum atomic E-state index is 0.694. The smallest absolute Gasteiger partial charge is 0.119 e. The van der Waals surface area contributed by atoms with Crippen LogP contribution in [0.4, 0.5) is 0 Å². The zero-order valence-electron chi connectivity index (χ0n) is 10.8. The first-order valence-corrected chi connectivity index (χ1v) is 6.41. The molecule has 2 aromatic rings. The van der Waals surface area contributed by atoms with Gasteiger partial charge in [-0.25, -0.2) is 0 Å². The van der Waals surface area contributed by atoms with Crippen LogP contribution in [0.2, 0.25) is 0 Å². The zero-order valence-corrected chi connectivity index (χ0v) is 10.8. The average Bonchev–Trinajstić information content (AvgIpc) is 2.85. The lowest BCUT2D eigenvalue weighted by molar-refractivity contribution is 0.298. The van der Waals surface area contributed by atoms with Crippen LogP contribution >= 0.6 is 0 Å². The molecule has 0 aliphatic carbocycles. The van der Waals surface area contributed by atoms with Crippen molar-refractivity contribution >= 4 is 0 Å². The van der Waals surface area contributed by atoms with Gasteiger partial charge in [0.25, 0.3) is 0 Å². The lowest BCUT2D eigenvalue weighted by Crippen LogP contribution is -2.11. The topological polar surface area (TPSA) is 26.2 Å². The molecule has 96 valence electrons. The molecule has 0 bridgehead atoms. The van der Waals surface area contributed by atoms with E-state index in [4.69, 9.17) is 4.74 Å². The predicted octanol–water partition coefficient (Wildman–Crippen LogP) is 2.68. The molecule has 1 aromatic carbocycles. The van der Waals surface area contributed by atoms with Crippen LogP contribution in [0.5, 0.6) is 5.75 Å². The highest BCUT2D eigenvalue weighted by Gasteiger charge is 1.97. The van der Waals surface area contributed by atoms with Gasteiger partial charge in [0.15, 0.2) is 0 Å². The van der Waals surface area contributed by atoms with Crippen LogP contribution in [0.25, 0.3) is 0 Å². The Morgan fingerprint density at radius 1 is 1.17 bits per heavy atom. The van der Waals surface area contributed by atoms with Gasteiger partial charge in [0.1, 0.15) is 12.4 Å². The highest BCUT2D eigenvalue weighted by molar-refractivity contribution is 5.20. The monoisotopic (exact) mass is 244 g/mol. The highest BCUT2D eigenvalue weighted by Crippen LogP contribution is 2.08. The molecule has 0 aliphatic heterocycles. The second-order valence-electron chi connectivity index (χ2n) is 4.20. The van der Waals surface area contributed by atoms with E-state index in [0.29, 0.717) is 6.61 Å². The third kappa shape index (κ3) is 3.93. The number of nitrogens with zero attached hydrogens (tertiary/aromatic N) is 1. The lowest BCUT2D eigenvalue weighted by Gasteiger charge is -2.06. The zero-order chi connectivity index (χ0) is 12.6. The van der Waals surface area contributed by atoms with Crippen LogP contribution in [-0.4, -0.2) is 17.7 Å². The number of aromatic nitrogens is 1. The third-order valence-corrected chi connectivity index (χ3v) is 2.75. The molecular weight excluding hydrogens is 224 g/mol. The number of ether oxygens (including phenoxy) is 1. The fourth-order valence-electron chi connectivity index (χ4n) is 1.79. The van der Waals surface area contributed by atoms with Gasteiger partial charge in [-0.3, -0.25) is 0 Å². The van der Waals surface area contributed by atoms with Crippen LogP contribution in [0.15, 0.2) is 48.8 Å². The van der Waals surface area contributed by atoms with Crippen LogP contribution in [0, 0.1) is 0 Å². The fourth-order valence-corrected chi connectivity index (χ4v) is 1.79. The van der Waals surface area contributed by atoms with Crippen LogP contribution in [-0.2, 0) is 13.1 Å². The van der Waals surface area contributed by atoms with E-state index in [2.05, 4.69) is 35.3 Å². The summed E-state index contributed by atoms with van der Waals surface area (Å²) in [6.45, 7) is 5.62. The van der Waals surface area contributed by atoms with Gasteiger partial charge in [0, 0.05) is 18.9 Å². The maximum absolute atomic E-state index is 5.66. The van der Waals surface area contributed by atoms with Crippen molar-refractivity contribution in [1.29, 1.82) is 0 Å². The van der Waals surface area contributed by atoms with Crippen molar-refractivity contribution in [1.82, 2.24) is 9.88 Å². The maximum Gasteiger partial charge on any atom is 0.119 e. The summed E-state index contributed by atoms with van der Waals surface area (Å²) in [6.07, 6.45) is 4.26. The number of para-hydroxylation sites is 1. The lowest BCUT2D eigenvalue weighted by atomic mass is 10.3. The summed E-state index contributed by atoms with van der Waals surface area (Å²) >= 11 is 0. The van der Waals surface area contributed by atoms with Gasteiger partial charge in [-0.1, -0.05) is 25.1 Å². The van der Waals surface area contributed by atoms with E-state index in [9.17, 15) is 0 Å². The molecule has 0 unspecified atom stereocenters. The summed E-state index contributed by atoms with van der Waals surface area (Å²) in [6, 6.07) is 12.1. The van der Waals surface area contributed by atoms with E-state index >= 15 is 0 Å². The largest absolute Gasteiger partial charge is 0.492 e. The summed E-state index contributed by atoms with van der Waals surface area (Å²) in [7, 11) is 0. The Kier molecular flexibility index (Phi) is 4.85. The molecular formula is C15H20N2O. The maximum atomic E-state index is 5.66. The van der Waals surface area contributed by atoms with Gasteiger partial charge in [-0.15, -0.1) is 0 Å². The second kappa shape index (κ2) is 6.87. The number of hydrogen-bond donors (Lipinski definition) is 1. The number of rotatable bonds is 7. The Balaban J connectivity index is 1.75. The first-order valence-electron chi connectivity index (χ1n) is 6.41. The SMILES string of the molecule is CCNCc1ccn(CCOc2ccccc2)c1. The standard InChI is InChI=1S/C15H20N2O/c1-2-16-12-14-8-9-17(13-14)10-11-18-15-6-4-3-5-7-15/h3-9,13,16H,2,10-12H2,1H3. The molecule has 1 N–H and O–H groups in total. The van der Waals surface area contributed by atoms with Crippen molar-refractivity contribution in [3.05, 3.63) is 54.4 Å². The number of hydrogen-bond acceptors (Lipinski definition) is 2. The van der Waals surface area contributed by atoms with Crippen LogP contribution in [0.1, 0.15) is 12.5 Å². The van der Waals surface area contributed by atoms with Gasteiger partial charge in [0.05, 0.1) is 6.54 Å². The summed E-state index contributed by atoms with van der Waals surface area (Å²) in [5.74, 6) is 0.928. The van der Waals surface area contributed by atoms with E-state index in [1.54, 1.807) is 0 Å². The molecule has 0 amide bonds. The van der Waals surface area contributed by atoms with Gasteiger partial charge < -0.3 is 14.6 Å². The molecule has 0 radical (unpaired) electrons. The summed E-state index contributed by atoms with van der Waals surface area (Å²) in [4.78, 5) is 0. The van der Waals surface area contributed by atoms with Crippen molar-refractivity contribution < 1.29 is 4.74 Å². The predicted molar refractivity (Wildman–Crippen MR) is 73.7 cm³/mol. The Morgan fingerprint density at radius 2 is 2.00 bits per heavy atom. The molecule has 0 atom stereocenters. The summed E-state index contributed by atoms with van der Waals surface area (Å²) in [5, 5.41) is 3.32. The van der Waals surface area contributed by atoms with Crippen molar-refractivity contribution in [3.8, 4) is 5.75 Å². The molecule has 1 aromatic heterocycles. The molecule has 18 heavy (non-hydrogen) atoms. The van der Waals surface area contributed by atoms with E-state index in [1.807, 2.05) is 30.3 Å². The van der Waals surface area contributed by atoms with Crippen molar-refractivity contribution in [2.45, 2.75) is 20.0 Å². The van der Waals surface area contributed by atoms with Crippen molar-refractivity contribution in [3.63, 3.8) is 0 Å². The Hall–Kier alpha value is -1.74. The normalized spacial score (nSPS) is 10.5. The number of benzene rings is 1. The Labute approximate surface area is 108 Å².